The third kappa shape index (κ3) is 6.94. The highest BCUT2D eigenvalue weighted by molar-refractivity contribution is 5.75. The predicted octanol–water partition coefficient (Wildman–Crippen LogP) is 2.95. The minimum absolute atomic E-state index is 0.121. The number of benzene rings is 1. The fourth-order valence-corrected chi connectivity index (χ4v) is 1.58. The Morgan fingerprint density at radius 3 is 2.78 bits per heavy atom. The SMILES string of the molecule is CCCCCNC(=O)CCCOc1cc[c]cc1. The largest absolute Gasteiger partial charge is 0.494 e. The lowest BCUT2D eigenvalue weighted by Crippen LogP contribution is -2.24. The summed E-state index contributed by atoms with van der Waals surface area (Å²) in [6.45, 7) is 3.52. The quantitative estimate of drug-likeness (QED) is 0.682. The van der Waals surface area contributed by atoms with Crippen molar-refractivity contribution in [3.05, 3.63) is 30.3 Å². The van der Waals surface area contributed by atoms with Crippen LogP contribution in [-0.2, 0) is 4.79 Å². The van der Waals surface area contributed by atoms with E-state index in [1.54, 1.807) is 0 Å². The Bertz CT molecular complexity index is 325. The van der Waals surface area contributed by atoms with Crippen LogP contribution in [0, 0.1) is 6.07 Å². The molecular weight excluding hydrogens is 226 g/mol. The molecule has 1 radical (unpaired) electrons. The molecule has 1 aromatic rings. The summed E-state index contributed by atoms with van der Waals surface area (Å²) in [5, 5.41) is 2.92. The van der Waals surface area contributed by atoms with Gasteiger partial charge in [0.05, 0.1) is 6.61 Å². The summed E-state index contributed by atoms with van der Waals surface area (Å²) in [6.07, 6.45) is 4.70. The lowest BCUT2D eigenvalue weighted by Gasteiger charge is -2.06. The molecule has 99 valence electrons. The molecule has 3 nitrogen and oxygen atoms in total. The molecule has 0 bridgehead atoms. The number of amides is 1. The molecule has 0 aliphatic carbocycles. The van der Waals surface area contributed by atoms with Crippen molar-refractivity contribution in [3.8, 4) is 5.75 Å². The Hall–Kier alpha value is -1.51. The number of hydrogen-bond donors (Lipinski definition) is 1. The Morgan fingerprint density at radius 2 is 2.06 bits per heavy atom. The van der Waals surface area contributed by atoms with Crippen LogP contribution >= 0.6 is 0 Å². The number of hydrogen-bond acceptors (Lipinski definition) is 2. The molecule has 0 aliphatic rings. The lowest BCUT2D eigenvalue weighted by molar-refractivity contribution is -0.121. The van der Waals surface area contributed by atoms with E-state index >= 15 is 0 Å². The Kier molecular flexibility index (Phi) is 7.69. The molecule has 1 amide bonds. The van der Waals surface area contributed by atoms with Gasteiger partial charge < -0.3 is 10.1 Å². The Labute approximate surface area is 110 Å². The average Bonchev–Trinajstić information content (AvgIpc) is 2.41. The maximum Gasteiger partial charge on any atom is 0.220 e. The standard InChI is InChI=1S/C15H22NO2/c1-2-3-7-12-16-15(17)11-8-13-18-14-9-5-4-6-10-14/h5-6,9-10H,2-3,7-8,11-13H2,1H3,(H,16,17). The van der Waals surface area contributed by atoms with Crippen molar-refractivity contribution in [2.75, 3.05) is 13.2 Å². The monoisotopic (exact) mass is 248 g/mol. The molecule has 0 spiro atoms. The number of nitrogens with one attached hydrogen (secondary N) is 1. The minimum Gasteiger partial charge on any atom is -0.494 e. The van der Waals surface area contributed by atoms with Gasteiger partial charge in [0.2, 0.25) is 5.91 Å². The van der Waals surface area contributed by atoms with Crippen LogP contribution < -0.4 is 10.1 Å². The Balaban J connectivity index is 1.99. The summed E-state index contributed by atoms with van der Waals surface area (Å²) in [5.41, 5.74) is 0. The van der Waals surface area contributed by atoms with E-state index in [1.165, 1.54) is 12.8 Å². The molecule has 0 saturated carbocycles. The van der Waals surface area contributed by atoms with Gasteiger partial charge in [0.1, 0.15) is 5.75 Å². The van der Waals surface area contributed by atoms with Gasteiger partial charge in [0, 0.05) is 13.0 Å². The number of carbonyl (C=O) groups excluding carboxylic acids is 1. The van der Waals surface area contributed by atoms with Crippen LogP contribution in [0.5, 0.6) is 5.75 Å². The second kappa shape index (κ2) is 9.51. The fraction of sp³-hybridized carbons (Fsp3) is 0.533. The molecule has 0 atom stereocenters. The van der Waals surface area contributed by atoms with Gasteiger partial charge in [-0.25, -0.2) is 0 Å². The van der Waals surface area contributed by atoms with Gasteiger partial charge in [-0.2, -0.15) is 0 Å². The third-order valence-corrected chi connectivity index (χ3v) is 2.61. The summed E-state index contributed by atoms with van der Waals surface area (Å²) in [6, 6.07) is 10.3. The van der Waals surface area contributed by atoms with Gasteiger partial charge in [-0.05, 0) is 31.0 Å². The second-order valence-electron chi connectivity index (χ2n) is 4.24. The highest BCUT2D eigenvalue weighted by atomic mass is 16.5. The lowest BCUT2D eigenvalue weighted by atomic mass is 10.2. The second-order valence-corrected chi connectivity index (χ2v) is 4.24. The van der Waals surface area contributed by atoms with Crippen molar-refractivity contribution >= 4 is 5.91 Å². The van der Waals surface area contributed by atoms with Gasteiger partial charge in [-0.15, -0.1) is 0 Å². The van der Waals surface area contributed by atoms with Crippen molar-refractivity contribution in [2.24, 2.45) is 0 Å². The molecule has 0 saturated heterocycles. The molecule has 0 aromatic heterocycles. The van der Waals surface area contributed by atoms with Crippen molar-refractivity contribution in [2.45, 2.75) is 39.0 Å². The summed E-state index contributed by atoms with van der Waals surface area (Å²) < 4.78 is 5.50. The van der Waals surface area contributed by atoms with Crippen LogP contribution in [0.4, 0.5) is 0 Å². The highest BCUT2D eigenvalue weighted by Crippen LogP contribution is 2.08. The molecule has 0 aliphatic heterocycles. The fourth-order valence-electron chi connectivity index (χ4n) is 1.58. The third-order valence-electron chi connectivity index (χ3n) is 2.61. The molecular formula is C15H22NO2. The summed E-state index contributed by atoms with van der Waals surface area (Å²) >= 11 is 0. The van der Waals surface area contributed by atoms with Crippen molar-refractivity contribution in [3.63, 3.8) is 0 Å². The first kappa shape index (κ1) is 14.6. The van der Waals surface area contributed by atoms with E-state index in [1.807, 2.05) is 24.3 Å². The van der Waals surface area contributed by atoms with Crippen molar-refractivity contribution < 1.29 is 9.53 Å². The maximum absolute atomic E-state index is 11.4. The molecule has 1 rings (SSSR count). The molecule has 0 unspecified atom stereocenters. The van der Waals surface area contributed by atoms with Crippen molar-refractivity contribution in [1.82, 2.24) is 5.32 Å². The number of unbranched alkanes of at least 4 members (excludes halogenated alkanes) is 2. The topological polar surface area (TPSA) is 38.3 Å². The van der Waals surface area contributed by atoms with E-state index in [9.17, 15) is 4.79 Å². The molecule has 1 aromatic carbocycles. The highest BCUT2D eigenvalue weighted by Gasteiger charge is 2.00. The number of carbonyl (C=O) groups is 1. The molecule has 18 heavy (non-hydrogen) atoms. The van der Waals surface area contributed by atoms with E-state index in [0.29, 0.717) is 13.0 Å². The average molecular weight is 248 g/mol. The maximum atomic E-state index is 11.4. The Morgan fingerprint density at radius 1 is 1.28 bits per heavy atom. The predicted molar refractivity (Wildman–Crippen MR) is 72.5 cm³/mol. The molecule has 0 fully saturated rings. The zero-order chi connectivity index (χ0) is 13.1. The van der Waals surface area contributed by atoms with Crippen LogP contribution in [0.2, 0.25) is 0 Å². The van der Waals surface area contributed by atoms with E-state index in [4.69, 9.17) is 4.74 Å². The first-order valence-corrected chi connectivity index (χ1v) is 6.68. The smallest absolute Gasteiger partial charge is 0.220 e. The molecule has 0 heterocycles. The first-order valence-electron chi connectivity index (χ1n) is 6.68. The summed E-state index contributed by atoms with van der Waals surface area (Å²) in [5.74, 6) is 0.952. The van der Waals surface area contributed by atoms with Gasteiger partial charge in [-0.3, -0.25) is 4.79 Å². The van der Waals surface area contributed by atoms with Gasteiger partial charge in [0.25, 0.3) is 0 Å². The minimum atomic E-state index is 0.121. The van der Waals surface area contributed by atoms with Crippen molar-refractivity contribution in [1.29, 1.82) is 0 Å². The van der Waals surface area contributed by atoms with Crippen LogP contribution in [0.15, 0.2) is 24.3 Å². The van der Waals surface area contributed by atoms with E-state index in [2.05, 4.69) is 18.3 Å². The van der Waals surface area contributed by atoms with Crippen LogP contribution in [-0.4, -0.2) is 19.1 Å². The first-order chi connectivity index (χ1) is 8.83. The summed E-state index contributed by atoms with van der Waals surface area (Å²) in [7, 11) is 0. The zero-order valence-corrected chi connectivity index (χ0v) is 11.1. The van der Waals surface area contributed by atoms with Crippen LogP contribution in [0.1, 0.15) is 39.0 Å². The normalized spacial score (nSPS) is 10.1. The zero-order valence-electron chi connectivity index (χ0n) is 11.1. The van der Waals surface area contributed by atoms with E-state index in [0.717, 1.165) is 25.1 Å². The van der Waals surface area contributed by atoms with Gasteiger partial charge in [0.15, 0.2) is 0 Å². The number of rotatable bonds is 9. The van der Waals surface area contributed by atoms with Gasteiger partial charge in [-0.1, -0.05) is 31.9 Å². The van der Waals surface area contributed by atoms with Crippen LogP contribution in [0.25, 0.3) is 0 Å². The van der Waals surface area contributed by atoms with E-state index in [-0.39, 0.29) is 5.91 Å². The molecule has 3 heteroatoms. The molecule has 1 N–H and O–H groups in total. The number of ether oxygens (including phenoxy) is 1. The summed E-state index contributed by atoms with van der Waals surface area (Å²) in [4.78, 5) is 11.4. The van der Waals surface area contributed by atoms with Crippen LogP contribution in [0.3, 0.4) is 0 Å². The van der Waals surface area contributed by atoms with Gasteiger partial charge >= 0.3 is 0 Å². The van der Waals surface area contributed by atoms with E-state index < -0.39 is 0 Å².